The van der Waals surface area contributed by atoms with E-state index in [4.69, 9.17) is 14.6 Å². The highest BCUT2D eigenvalue weighted by molar-refractivity contribution is 7.98. The third-order valence-electron chi connectivity index (χ3n) is 4.24. The van der Waals surface area contributed by atoms with Crippen LogP contribution in [0.3, 0.4) is 0 Å². The molecule has 29 heavy (non-hydrogen) atoms. The van der Waals surface area contributed by atoms with Crippen LogP contribution >= 0.6 is 11.8 Å². The molecule has 0 aliphatic heterocycles. The first kappa shape index (κ1) is 20.5. The Hall–Kier alpha value is -3.25. The Balaban J connectivity index is 1.84. The monoisotopic (exact) mass is 407 g/mol. The van der Waals surface area contributed by atoms with Crippen molar-refractivity contribution in [2.45, 2.75) is 11.5 Å². The van der Waals surface area contributed by atoms with E-state index in [1.165, 1.54) is 0 Å². The summed E-state index contributed by atoms with van der Waals surface area (Å²) < 4.78 is 11.5. The number of hydrogen-bond donors (Lipinski definition) is 1. The summed E-state index contributed by atoms with van der Waals surface area (Å²) in [7, 11) is 1.59. The Morgan fingerprint density at radius 3 is 2.52 bits per heavy atom. The van der Waals surface area contributed by atoms with Crippen molar-refractivity contribution < 1.29 is 19.4 Å². The van der Waals surface area contributed by atoms with E-state index in [-0.39, 0.29) is 12.2 Å². The van der Waals surface area contributed by atoms with Gasteiger partial charge in [0.15, 0.2) is 11.5 Å². The molecule has 0 spiro atoms. The van der Waals surface area contributed by atoms with Crippen LogP contribution in [0.15, 0.2) is 76.6 Å². The molecule has 0 aliphatic carbocycles. The Labute approximate surface area is 174 Å². The lowest BCUT2D eigenvalue weighted by Gasteiger charge is -2.13. The number of carboxylic acids is 1. The molecule has 3 aromatic rings. The Bertz CT molecular complexity index is 1020. The average molecular weight is 407 g/mol. The van der Waals surface area contributed by atoms with Crippen LogP contribution in [0.1, 0.15) is 21.5 Å². The van der Waals surface area contributed by atoms with Gasteiger partial charge in [-0.2, -0.15) is 0 Å². The summed E-state index contributed by atoms with van der Waals surface area (Å²) >= 11 is 1.64. The molecule has 0 amide bonds. The van der Waals surface area contributed by atoms with Crippen LogP contribution in [-0.4, -0.2) is 30.7 Å². The highest BCUT2D eigenvalue weighted by Gasteiger charge is 2.10. The molecule has 0 radical (unpaired) electrons. The summed E-state index contributed by atoms with van der Waals surface area (Å²) in [5.74, 6) is 0.239. The minimum atomic E-state index is -0.953. The van der Waals surface area contributed by atoms with Crippen molar-refractivity contribution >= 4 is 29.6 Å². The highest BCUT2D eigenvalue weighted by Crippen LogP contribution is 2.32. The number of benzene rings is 3. The van der Waals surface area contributed by atoms with E-state index in [9.17, 15) is 4.79 Å². The Morgan fingerprint density at radius 1 is 1.07 bits per heavy atom. The molecule has 0 saturated heterocycles. The van der Waals surface area contributed by atoms with Crippen molar-refractivity contribution in [2.24, 2.45) is 4.99 Å². The second-order valence-electron chi connectivity index (χ2n) is 6.10. The molecule has 148 valence electrons. The van der Waals surface area contributed by atoms with Gasteiger partial charge in [0.25, 0.3) is 0 Å². The Morgan fingerprint density at radius 2 is 1.83 bits per heavy atom. The van der Waals surface area contributed by atoms with Crippen LogP contribution < -0.4 is 9.47 Å². The standard InChI is InChI=1S/C23H21NO4S/c1-27-20-8-5-6-18(14-24-19-7-3-4-9-21(19)29-2)22(20)28-15-16-10-12-17(13-11-16)23(25)26/h3-14H,15H2,1-2H3,(H,25,26). The molecule has 0 heterocycles. The number of thioether (sulfide) groups is 1. The minimum Gasteiger partial charge on any atom is -0.493 e. The molecular weight excluding hydrogens is 386 g/mol. The first-order valence-corrected chi connectivity index (χ1v) is 10.1. The fourth-order valence-corrected chi connectivity index (χ4v) is 3.27. The summed E-state index contributed by atoms with van der Waals surface area (Å²) in [5.41, 5.74) is 2.78. The topological polar surface area (TPSA) is 68.1 Å². The smallest absolute Gasteiger partial charge is 0.335 e. The van der Waals surface area contributed by atoms with Gasteiger partial charge in [0.05, 0.1) is 18.4 Å². The SMILES string of the molecule is COc1cccc(C=Nc2ccccc2SC)c1OCc1ccc(C(=O)O)cc1. The number of nitrogens with zero attached hydrogens (tertiary/aromatic N) is 1. The molecule has 0 fully saturated rings. The van der Waals surface area contributed by atoms with Crippen molar-refractivity contribution in [3.8, 4) is 11.5 Å². The van der Waals surface area contributed by atoms with E-state index in [2.05, 4.69) is 4.99 Å². The van der Waals surface area contributed by atoms with Crippen molar-refractivity contribution in [3.63, 3.8) is 0 Å². The zero-order valence-corrected chi connectivity index (χ0v) is 17.0. The molecule has 0 bridgehead atoms. The maximum atomic E-state index is 11.0. The lowest BCUT2D eigenvalue weighted by atomic mass is 10.1. The third-order valence-corrected chi connectivity index (χ3v) is 5.03. The number of ether oxygens (including phenoxy) is 2. The van der Waals surface area contributed by atoms with Gasteiger partial charge in [-0.25, -0.2) is 4.79 Å². The van der Waals surface area contributed by atoms with Gasteiger partial charge >= 0.3 is 5.97 Å². The van der Waals surface area contributed by atoms with E-state index in [1.54, 1.807) is 49.4 Å². The van der Waals surface area contributed by atoms with Gasteiger partial charge < -0.3 is 14.6 Å². The summed E-state index contributed by atoms with van der Waals surface area (Å²) in [6.07, 6.45) is 3.78. The molecule has 0 atom stereocenters. The summed E-state index contributed by atoms with van der Waals surface area (Å²) in [6, 6.07) is 20.2. The predicted molar refractivity (Wildman–Crippen MR) is 116 cm³/mol. The van der Waals surface area contributed by atoms with Gasteiger partial charge in [-0.15, -0.1) is 11.8 Å². The van der Waals surface area contributed by atoms with Crippen LogP contribution in [0.2, 0.25) is 0 Å². The molecule has 0 unspecified atom stereocenters. The van der Waals surface area contributed by atoms with Gasteiger partial charge in [-0.3, -0.25) is 4.99 Å². The number of aliphatic imine (C=N–C) groups is 1. The first-order chi connectivity index (χ1) is 14.1. The predicted octanol–water partition coefficient (Wildman–Crippen LogP) is 5.44. The number of carbonyl (C=O) groups is 1. The van der Waals surface area contributed by atoms with Crippen molar-refractivity contribution in [1.82, 2.24) is 0 Å². The first-order valence-electron chi connectivity index (χ1n) is 8.91. The largest absolute Gasteiger partial charge is 0.493 e. The van der Waals surface area contributed by atoms with E-state index in [1.807, 2.05) is 48.7 Å². The van der Waals surface area contributed by atoms with Crippen LogP contribution in [-0.2, 0) is 6.61 Å². The molecular formula is C23H21NO4S. The molecule has 5 nitrogen and oxygen atoms in total. The van der Waals surface area contributed by atoms with Crippen LogP contribution in [0.4, 0.5) is 5.69 Å². The van der Waals surface area contributed by atoms with Gasteiger partial charge in [-0.1, -0.05) is 30.3 Å². The number of carboxylic acid groups (broad SMARTS) is 1. The van der Waals surface area contributed by atoms with Crippen LogP contribution in [0.5, 0.6) is 11.5 Å². The quantitative estimate of drug-likeness (QED) is 0.397. The van der Waals surface area contributed by atoms with Gasteiger partial charge in [0.1, 0.15) is 6.61 Å². The molecule has 1 N–H and O–H groups in total. The minimum absolute atomic E-state index is 0.242. The number of methoxy groups -OCH3 is 1. The molecule has 6 heteroatoms. The molecule has 3 aromatic carbocycles. The second kappa shape index (κ2) is 9.80. The molecule has 0 saturated carbocycles. The fraction of sp³-hybridized carbons (Fsp3) is 0.130. The van der Waals surface area contributed by atoms with Gasteiger partial charge in [0, 0.05) is 16.7 Å². The normalized spacial score (nSPS) is 10.8. The fourth-order valence-electron chi connectivity index (χ4n) is 2.72. The molecule has 0 aromatic heterocycles. The van der Waals surface area contributed by atoms with E-state index < -0.39 is 5.97 Å². The Kier molecular flexibility index (Phi) is 6.92. The van der Waals surface area contributed by atoms with Crippen molar-refractivity contribution in [2.75, 3.05) is 13.4 Å². The van der Waals surface area contributed by atoms with Crippen molar-refractivity contribution in [1.29, 1.82) is 0 Å². The number of aromatic carboxylic acids is 1. The zero-order chi connectivity index (χ0) is 20.6. The lowest BCUT2D eigenvalue weighted by Crippen LogP contribution is -2.02. The highest BCUT2D eigenvalue weighted by atomic mass is 32.2. The maximum Gasteiger partial charge on any atom is 0.335 e. The number of rotatable bonds is 8. The van der Waals surface area contributed by atoms with E-state index >= 15 is 0 Å². The van der Waals surface area contributed by atoms with Crippen LogP contribution in [0.25, 0.3) is 0 Å². The van der Waals surface area contributed by atoms with E-state index in [0.717, 1.165) is 21.7 Å². The molecule has 3 rings (SSSR count). The van der Waals surface area contributed by atoms with E-state index in [0.29, 0.717) is 11.5 Å². The number of para-hydroxylation sites is 2. The summed E-state index contributed by atoms with van der Waals surface area (Å²) in [6.45, 7) is 0.280. The lowest BCUT2D eigenvalue weighted by molar-refractivity contribution is 0.0697. The summed E-state index contributed by atoms with van der Waals surface area (Å²) in [4.78, 5) is 16.7. The van der Waals surface area contributed by atoms with Gasteiger partial charge in [0.2, 0.25) is 0 Å². The van der Waals surface area contributed by atoms with Crippen molar-refractivity contribution in [3.05, 3.63) is 83.4 Å². The number of hydrogen-bond acceptors (Lipinski definition) is 5. The maximum absolute atomic E-state index is 11.0. The van der Waals surface area contributed by atoms with Gasteiger partial charge in [-0.05, 0) is 48.2 Å². The van der Waals surface area contributed by atoms with Crippen LogP contribution in [0, 0.1) is 0 Å². The third kappa shape index (κ3) is 5.18. The summed E-state index contributed by atoms with van der Waals surface area (Å²) in [5, 5.41) is 9.01. The molecule has 0 aliphatic rings. The average Bonchev–Trinajstić information content (AvgIpc) is 2.76. The zero-order valence-electron chi connectivity index (χ0n) is 16.2. The second-order valence-corrected chi connectivity index (χ2v) is 6.95.